The van der Waals surface area contributed by atoms with Gasteiger partial charge in [-0.3, -0.25) is 9.59 Å². The number of nitrogens with zero attached hydrogens (tertiary/aromatic N) is 5. The smallest absolute Gasteiger partial charge is 0.304 e. The molecule has 1 amide bonds. The lowest BCUT2D eigenvalue weighted by molar-refractivity contribution is -0.137. The van der Waals surface area contributed by atoms with Gasteiger partial charge < -0.3 is 26.0 Å². The summed E-state index contributed by atoms with van der Waals surface area (Å²) in [6.07, 6.45) is 8.87. The third-order valence-corrected chi connectivity index (χ3v) is 10.5. The van der Waals surface area contributed by atoms with Crippen molar-refractivity contribution in [2.45, 2.75) is 84.0 Å². The lowest BCUT2D eigenvalue weighted by atomic mass is 9.90. The van der Waals surface area contributed by atoms with E-state index in [1.165, 1.54) is 12.0 Å². The Hall–Kier alpha value is -3.92. The second kappa shape index (κ2) is 14.9. The quantitative estimate of drug-likeness (QED) is 0.231. The lowest BCUT2D eigenvalue weighted by Gasteiger charge is -2.34. The van der Waals surface area contributed by atoms with Gasteiger partial charge in [-0.1, -0.05) is 6.07 Å². The average Bonchev–Trinajstić information content (AvgIpc) is 3.66. The van der Waals surface area contributed by atoms with Crippen LogP contribution in [0.1, 0.15) is 85.5 Å². The molecule has 5 heterocycles. The minimum Gasteiger partial charge on any atom is -0.481 e. The molecular weight excluding hydrogens is 590 g/mol. The Morgan fingerprint density at radius 2 is 1.81 bits per heavy atom. The Morgan fingerprint density at radius 1 is 1.02 bits per heavy atom. The summed E-state index contributed by atoms with van der Waals surface area (Å²) >= 11 is 0. The van der Waals surface area contributed by atoms with Crippen LogP contribution in [0.5, 0.6) is 0 Å². The van der Waals surface area contributed by atoms with Gasteiger partial charge in [-0.15, -0.1) is 0 Å². The highest BCUT2D eigenvalue weighted by molar-refractivity contribution is 5.73. The van der Waals surface area contributed by atoms with E-state index in [0.717, 1.165) is 124 Å². The van der Waals surface area contributed by atoms with E-state index in [1.807, 2.05) is 11.6 Å². The maximum Gasteiger partial charge on any atom is 0.304 e. The molecule has 6 rings (SSSR count). The molecular formula is C37H51N7O3. The molecule has 4 N–H and O–H groups in total. The van der Waals surface area contributed by atoms with Crippen LogP contribution >= 0.6 is 0 Å². The van der Waals surface area contributed by atoms with Gasteiger partial charge in [0.25, 0.3) is 0 Å². The minimum absolute atomic E-state index is 0.0857. The zero-order valence-corrected chi connectivity index (χ0v) is 28.1. The first kappa shape index (κ1) is 33.0. The van der Waals surface area contributed by atoms with E-state index < -0.39 is 5.97 Å². The minimum atomic E-state index is -0.772. The maximum absolute atomic E-state index is 12.2. The Kier molecular flexibility index (Phi) is 10.4. The van der Waals surface area contributed by atoms with Crippen molar-refractivity contribution < 1.29 is 14.7 Å². The summed E-state index contributed by atoms with van der Waals surface area (Å²) in [5, 5.41) is 18.3. The van der Waals surface area contributed by atoms with E-state index in [0.29, 0.717) is 18.3 Å². The van der Waals surface area contributed by atoms with Gasteiger partial charge in [0.05, 0.1) is 17.8 Å². The highest BCUT2D eigenvalue weighted by Gasteiger charge is 2.28. The van der Waals surface area contributed by atoms with Crippen LogP contribution < -0.4 is 16.0 Å². The van der Waals surface area contributed by atoms with Crippen molar-refractivity contribution in [3.8, 4) is 5.69 Å². The number of piperidine rings is 1. The van der Waals surface area contributed by atoms with Gasteiger partial charge in [-0.25, -0.2) is 9.67 Å². The van der Waals surface area contributed by atoms with Gasteiger partial charge in [0.15, 0.2) is 0 Å². The second-order valence-electron chi connectivity index (χ2n) is 14.1. The van der Waals surface area contributed by atoms with Crippen molar-refractivity contribution in [2.75, 3.05) is 49.5 Å². The molecule has 0 radical (unpaired) electrons. The first-order chi connectivity index (χ1) is 22.7. The number of carboxylic acids is 1. The number of aromatic nitrogens is 3. The molecule has 47 heavy (non-hydrogen) atoms. The summed E-state index contributed by atoms with van der Waals surface area (Å²) in [7, 11) is 0. The molecule has 10 heteroatoms. The molecule has 10 nitrogen and oxygen atoms in total. The van der Waals surface area contributed by atoms with Crippen LogP contribution in [0.2, 0.25) is 0 Å². The number of aliphatic carboxylic acids is 1. The fourth-order valence-corrected chi connectivity index (χ4v) is 7.86. The number of rotatable bonds is 13. The topological polar surface area (TPSA) is 130 Å². The average molecular weight is 642 g/mol. The predicted molar refractivity (Wildman–Crippen MR) is 185 cm³/mol. The van der Waals surface area contributed by atoms with Crippen molar-refractivity contribution in [3.63, 3.8) is 0 Å². The number of fused-ring (bicyclic) bond motifs is 1. The SMILES string of the molecule is Cc1cc(C)n(-c2cc(C(CC(=O)O)CN3CCC(CCc4ccc5c(n4)NCCC5)C3)cc(N3CCC(CCC(N)=O)CC3)c2)n1. The monoisotopic (exact) mass is 641 g/mol. The van der Waals surface area contributed by atoms with Gasteiger partial charge in [-0.05, 0) is 125 Å². The zero-order chi connectivity index (χ0) is 32.9. The molecule has 0 spiro atoms. The van der Waals surface area contributed by atoms with Gasteiger partial charge in [-0.2, -0.15) is 5.10 Å². The van der Waals surface area contributed by atoms with Crippen LogP contribution in [0.3, 0.4) is 0 Å². The summed E-state index contributed by atoms with van der Waals surface area (Å²) in [5.74, 6) is 1.01. The van der Waals surface area contributed by atoms with Crippen LogP contribution in [-0.4, -0.2) is 75.9 Å². The molecule has 2 fully saturated rings. The molecule has 3 aromatic rings. The van der Waals surface area contributed by atoms with E-state index in [2.05, 4.69) is 58.4 Å². The highest BCUT2D eigenvalue weighted by Crippen LogP contribution is 2.34. The maximum atomic E-state index is 12.2. The number of amides is 1. The lowest BCUT2D eigenvalue weighted by Crippen LogP contribution is -2.34. The van der Waals surface area contributed by atoms with Crippen LogP contribution in [0, 0.1) is 25.7 Å². The molecule has 2 unspecified atom stereocenters. The summed E-state index contributed by atoms with van der Waals surface area (Å²) in [4.78, 5) is 33.4. The van der Waals surface area contributed by atoms with Gasteiger partial charge in [0.2, 0.25) is 5.91 Å². The third kappa shape index (κ3) is 8.52. The molecule has 2 saturated heterocycles. The number of anilines is 2. The largest absolute Gasteiger partial charge is 0.481 e. The summed E-state index contributed by atoms with van der Waals surface area (Å²) in [6.45, 7) is 9.56. The van der Waals surface area contributed by atoms with Crippen molar-refractivity contribution in [3.05, 3.63) is 64.6 Å². The number of carbonyl (C=O) groups excluding carboxylic acids is 1. The van der Waals surface area contributed by atoms with Gasteiger partial charge in [0, 0.05) is 62.1 Å². The molecule has 0 aliphatic carbocycles. The number of hydrogen-bond donors (Lipinski definition) is 3. The zero-order valence-electron chi connectivity index (χ0n) is 28.1. The van der Waals surface area contributed by atoms with Crippen molar-refractivity contribution in [1.82, 2.24) is 19.7 Å². The molecule has 1 aromatic carbocycles. The number of pyridine rings is 1. The summed E-state index contributed by atoms with van der Waals surface area (Å²) in [5.41, 5.74) is 13.0. The second-order valence-corrected chi connectivity index (χ2v) is 14.1. The number of aryl methyl sites for hydroxylation is 4. The highest BCUT2D eigenvalue weighted by atomic mass is 16.4. The van der Waals surface area contributed by atoms with Crippen LogP contribution in [-0.2, 0) is 22.4 Å². The normalized spacial score (nSPS) is 19.4. The number of benzene rings is 1. The van der Waals surface area contributed by atoms with Crippen LogP contribution in [0.15, 0.2) is 36.4 Å². The molecule has 0 saturated carbocycles. The number of likely N-dealkylation sites (tertiary alicyclic amines) is 1. The Morgan fingerprint density at radius 3 is 2.55 bits per heavy atom. The first-order valence-electron chi connectivity index (χ1n) is 17.6. The van der Waals surface area contributed by atoms with E-state index in [1.54, 1.807) is 0 Å². The third-order valence-electron chi connectivity index (χ3n) is 10.5. The number of carbonyl (C=O) groups is 2. The fourth-order valence-electron chi connectivity index (χ4n) is 7.86. The van der Waals surface area contributed by atoms with Crippen LogP contribution in [0.25, 0.3) is 5.69 Å². The standard InChI is InChI=1S/C37H51N7O3/c1-25-18-26(2)44(41-25)34-20-30(19-33(22-34)43-16-12-27(13-17-43)6-10-35(38)45)31(21-36(46)47)24-42-15-11-28(23-42)5-8-32-9-7-29-4-3-14-39-37(29)40-32/h7,9,18-20,22,27-28,31H,3-6,8,10-17,21,23-24H2,1-2H3,(H2,38,45)(H,39,40)(H,46,47). The van der Waals surface area contributed by atoms with Crippen molar-refractivity contribution in [2.24, 2.45) is 17.6 Å². The van der Waals surface area contributed by atoms with E-state index in [-0.39, 0.29) is 18.2 Å². The molecule has 2 atom stereocenters. The Balaban J connectivity index is 1.16. The van der Waals surface area contributed by atoms with Crippen molar-refractivity contribution in [1.29, 1.82) is 0 Å². The summed E-state index contributed by atoms with van der Waals surface area (Å²) < 4.78 is 1.98. The molecule has 0 bridgehead atoms. The van der Waals surface area contributed by atoms with Crippen molar-refractivity contribution >= 4 is 23.4 Å². The Labute approximate surface area is 278 Å². The number of hydrogen-bond acceptors (Lipinski definition) is 7. The molecule has 2 aromatic heterocycles. The molecule has 3 aliphatic rings. The Bertz CT molecular complexity index is 1560. The van der Waals surface area contributed by atoms with Gasteiger partial charge in [0.1, 0.15) is 5.82 Å². The van der Waals surface area contributed by atoms with E-state index in [9.17, 15) is 14.7 Å². The number of nitrogens with one attached hydrogen (secondary N) is 1. The van der Waals surface area contributed by atoms with E-state index >= 15 is 0 Å². The number of nitrogens with two attached hydrogens (primary N) is 1. The molecule has 252 valence electrons. The summed E-state index contributed by atoms with van der Waals surface area (Å²) in [6, 6.07) is 13.1. The van der Waals surface area contributed by atoms with E-state index in [4.69, 9.17) is 15.8 Å². The predicted octanol–water partition coefficient (Wildman–Crippen LogP) is 5.24. The number of primary amides is 1. The molecule has 3 aliphatic heterocycles. The van der Waals surface area contributed by atoms with Gasteiger partial charge >= 0.3 is 5.97 Å². The number of carboxylic acid groups (broad SMARTS) is 1. The first-order valence-corrected chi connectivity index (χ1v) is 17.6. The van der Waals surface area contributed by atoms with Crippen LogP contribution in [0.4, 0.5) is 11.5 Å². The fraction of sp³-hybridized carbons (Fsp3) is 0.568.